The fraction of sp³-hybridized carbons (Fsp3) is 0.318. The molecule has 2 aliphatic rings. The molecule has 2 amide bonds. The molecule has 0 atom stereocenters. The molecule has 2 heterocycles. The van der Waals surface area contributed by atoms with Gasteiger partial charge in [-0.1, -0.05) is 12.1 Å². The first kappa shape index (κ1) is 18.2. The molecule has 0 aromatic heterocycles. The van der Waals surface area contributed by atoms with Crippen LogP contribution in [0.1, 0.15) is 44.7 Å². The van der Waals surface area contributed by atoms with Gasteiger partial charge in [-0.05, 0) is 54.3 Å². The molecule has 0 N–H and O–H groups in total. The quantitative estimate of drug-likeness (QED) is 0.768. The Morgan fingerprint density at radius 1 is 1.00 bits per heavy atom. The summed E-state index contributed by atoms with van der Waals surface area (Å²) in [5.41, 5.74) is 3.94. The minimum atomic E-state index is -0.375. The van der Waals surface area contributed by atoms with Crippen LogP contribution in [0.15, 0.2) is 42.5 Å². The Morgan fingerprint density at radius 3 is 2.43 bits per heavy atom. The predicted molar refractivity (Wildman–Crippen MR) is 104 cm³/mol. The topological polar surface area (TPSA) is 66.9 Å². The van der Waals surface area contributed by atoms with E-state index in [0.29, 0.717) is 37.1 Å². The van der Waals surface area contributed by atoms with Gasteiger partial charge in [-0.15, -0.1) is 0 Å². The Kier molecular flexibility index (Phi) is 4.86. The Labute approximate surface area is 163 Å². The van der Waals surface area contributed by atoms with Gasteiger partial charge in [-0.25, -0.2) is 4.79 Å². The number of carbonyl (C=O) groups excluding carboxylic acids is 3. The first-order chi connectivity index (χ1) is 13.6. The van der Waals surface area contributed by atoms with E-state index in [-0.39, 0.29) is 17.8 Å². The average molecular weight is 378 g/mol. The van der Waals surface area contributed by atoms with Crippen LogP contribution in [0, 0.1) is 0 Å². The maximum atomic E-state index is 13.0. The van der Waals surface area contributed by atoms with Gasteiger partial charge in [0.1, 0.15) is 0 Å². The summed E-state index contributed by atoms with van der Waals surface area (Å²) in [6.07, 6.45) is 2.26. The van der Waals surface area contributed by atoms with Crippen molar-refractivity contribution in [1.29, 1.82) is 0 Å². The summed E-state index contributed by atoms with van der Waals surface area (Å²) in [5.74, 6) is -0.242. The van der Waals surface area contributed by atoms with Crippen LogP contribution in [0.25, 0.3) is 0 Å². The van der Waals surface area contributed by atoms with Crippen LogP contribution in [0.3, 0.4) is 0 Å². The standard InChI is InChI=1S/C22H22N2O4/c1-28-22(27)18-8-9-19-17(13-18)10-12-24(19)21(26)16-6-4-15(5-7-16)14-23-11-2-3-20(23)25/h4-9,13H,2-3,10-12,14H2,1H3. The van der Waals surface area contributed by atoms with Gasteiger partial charge in [0.15, 0.2) is 0 Å². The van der Waals surface area contributed by atoms with E-state index in [0.717, 1.165) is 29.8 Å². The van der Waals surface area contributed by atoms with Crippen LogP contribution in [-0.2, 0) is 22.5 Å². The van der Waals surface area contributed by atoms with E-state index in [1.165, 1.54) is 7.11 Å². The number of hydrogen-bond acceptors (Lipinski definition) is 4. The van der Waals surface area contributed by atoms with E-state index in [2.05, 4.69) is 0 Å². The molecular formula is C22H22N2O4. The SMILES string of the molecule is COC(=O)c1ccc2c(c1)CCN2C(=O)c1ccc(CN2CCCC2=O)cc1. The van der Waals surface area contributed by atoms with Crippen LogP contribution in [-0.4, -0.2) is 42.9 Å². The van der Waals surface area contributed by atoms with E-state index < -0.39 is 0 Å². The van der Waals surface area contributed by atoms with Crippen LogP contribution < -0.4 is 4.90 Å². The molecule has 0 radical (unpaired) electrons. The second-order valence-electron chi connectivity index (χ2n) is 7.16. The van der Waals surface area contributed by atoms with Crippen molar-refractivity contribution in [1.82, 2.24) is 4.90 Å². The van der Waals surface area contributed by atoms with Gasteiger partial charge in [0.25, 0.3) is 5.91 Å². The van der Waals surface area contributed by atoms with Crippen molar-refractivity contribution in [3.05, 3.63) is 64.7 Å². The Hall–Kier alpha value is -3.15. The molecule has 1 saturated heterocycles. The number of benzene rings is 2. The number of anilines is 1. The third-order valence-electron chi connectivity index (χ3n) is 5.39. The van der Waals surface area contributed by atoms with E-state index in [9.17, 15) is 14.4 Å². The summed E-state index contributed by atoms with van der Waals surface area (Å²) >= 11 is 0. The Morgan fingerprint density at radius 2 is 1.75 bits per heavy atom. The van der Waals surface area contributed by atoms with E-state index >= 15 is 0 Å². The molecule has 4 rings (SSSR count). The summed E-state index contributed by atoms with van der Waals surface area (Å²) in [6.45, 7) is 1.98. The summed E-state index contributed by atoms with van der Waals surface area (Å²) in [4.78, 5) is 40.0. The molecule has 28 heavy (non-hydrogen) atoms. The highest BCUT2D eigenvalue weighted by Crippen LogP contribution is 2.30. The molecule has 0 aliphatic carbocycles. The first-order valence-electron chi connectivity index (χ1n) is 9.46. The summed E-state index contributed by atoms with van der Waals surface area (Å²) in [6, 6.07) is 12.8. The average Bonchev–Trinajstić information content (AvgIpc) is 3.33. The maximum Gasteiger partial charge on any atom is 0.337 e. The second-order valence-corrected chi connectivity index (χ2v) is 7.16. The highest BCUT2D eigenvalue weighted by atomic mass is 16.5. The monoisotopic (exact) mass is 378 g/mol. The molecule has 144 valence electrons. The van der Waals surface area contributed by atoms with Crippen LogP contribution in [0.4, 0.5) is 5.69 Å². The number of fused-ring (bicyclic) bond motifs is 1. The van der Waals surface area contributed by atoms with Gasteiger partial charge >= 0.3 is 5.97 Å². The van der Waals surface area contributed by atoms with Crippen LogP contribution >= 0.6 is 0 Å². The van der Waals surface area contributed by atoms with Crippen molar-refractivity contribution in [2.45, 2.75) is 25.8 Å². The number of nitrogens with zero attached hydrogens (tertiary/aromatic N) is 2. The van der Waals surface area contributed by atoms with Gasteiger partial charge in [-0.2, -0.15) is 0 Å². The molecular weight excluding hydrogens is 356 g/mol. The van der Waals surface area contributed by atoms with Crippen LogP contribution in [0.2, 0.25) is 0 Å². The lowest BCUT2D eigenvalue weighted by Gasteiger charge is -2.19. The second kappa shape index (κ2) is 7.46. The van der Waals surface area contributed by atoms with Gasteiger partial charge in [0, 0.05) is 37.3 Å². The van der Waals surface area contributed by atoms with E-state index in [1.54, 1.807) is 23.1 Å². The van der Waals surface area contributed by atoms with Crippen molar-refractivity contribution >= 4 is 23.5 Å². The van der Waals surface area contributed by atoms with Crippen molar-refractivity contribution < 1.29 is 19.1 Å². The lowest BCUT2D eigenvalue weighted by molar-refractivity contribution is -0.128. The third kappa shape index (κ3) is 3.38. The number of carbonyl (C=O) groups is 3. The lowest BCUT2D eigenvalue weighted by Crippen LogP contribution is -2.29. The fourth-order valence-electron chi connectivity index (χ4n) is 3.86. The highest BCUT2D eigenvalue weighted by molar-refractivity contribution is 6.07. The van der Waals surface area contributed by atoms with Crippen LogP contribution in [0.5, 0.6) is 0 Å². The molecule has 0 spiro atoms. The van der Waals surface area contributed by atoms with Crippen molar-refractivity contribution in [3.63, 3.8) is 0 Å². The maximum absolute atomic E-state index is 13.0. The molecule has 0 bridgehead atoms. The molecule has 2 aromatic rings. The van der Waals surface area contributed by atoms with Crippen molar-refractivity contribution in [3.8, 4) is 0 Å². The number of likely N-dealkylation sites (tertiary alicyclic amines) is 1. The lowest BCUT2D eigenvalue weighted by atomic mass is 10.1. The molecule has 2 aliphatic heterocycles. The molecule has 0 saturated carbocycles. The number of amides is 2. The number of methoxy groups -OCH3 is 1. The number of rotatable bonds is 4. The predicted octanol–water partition coefficient (Wildman–Crippen LogP) is 2.80. The van der Waals surface area contributed by atoms with Crippen molar-refractivity contribution in [2.24, 2.45) is 0 Å². The smallest absolute Gasteiger partial charge is 0.337 e. The summed E-state index contributed by atoms with van der Waals surface area (Å²) in [5, 5.41) is 0. The first-order valence-corrected chi connectivity index (χ1v) is 9.46. The molecule has 0 unspecified atom stereocenters. The number of esters is 1. The van der Waals surface area contributed by atoms with Gasteiger partial charge in [0.2, 0.25) is 5.91 Å². The van der Waals surface area contributed by atoms with E-state index in [4.69, 9.17) is 4.74 Å². The number of ether oxygens (including phenoxy) is 1. The Bertz CT molecular complexity index is 936. The van der Waals surface area contributed by atoms with Gasteiger partial charge in [-0.3, -0.25) is 9.59 Å². The Balaban J connectivity index is 1.48. The molecule has 2 aromatic carbocycles. The van der Waals surface area contributed by atoms with Gasteiger partial charge < -0.3 is 14.5 Å². The zero-order chi connectivity index (χ0) is 19.7. The zero-order valence-corrected chi connectivity index (χ0v) is 15.8. The highest BCUT2D eigenvalue weighted by Gasteiger charge is 2.27. The largest absolute Gasteiger partial charge is 0.465 e. The normalized spacial score (nSPS) is 15.7. The fourth-order valence-corrected chi connectivity index (χ4v) is 3.86. The summed E-state index contributed by atoms with van der Waals surface area (Å²) < 4.78 is 4.76. The molecule has 1 fully saturated rings. The molecule has 6 nitrogen and oxygen atoms in total. The zero-order valence-electron chi connectivity index (χ0n) is 15.8. The minimum absolute atomic E-state index is 0.0617. The summed E-state index contributed by atoms with van der Waals surface area (Å²) in [7, 11) is 1.36. The third-order valence-corrected chi connectivity index (χ3v) is 5.39. The van der Waals surface area contributed by atoms with Crippen molar-refractivity contribution in [2.75, 3.05) is 25.1 Å². The molecule has 6 heteroatoms. The minimum Gasteiger partial charge on any atom is -0.465 e. The number of hydrogen-bond donors (Lipinski definition) is 0. The van der Waals surface area contributed by atoms with Gasteiger partial charge in [0.05, 0.1) is 12.7 Å². The van der Waals surface area contributed by atoms with E-state index in [1.807, 2.05) is 29.2 Å².